The van der Waals surface area contributed by atoms with Gasteiger partial charge in [-0.25, -0.2) is 4.79 Å². The fourth-order valence-corrected chi connectivity index (χ4v) is 2.28. The lowest BCUT2D eigenvalue weighted by Gasteiger charge is -2.33. The molecule has 0 aromatic heterocycles. The zero-order chi connectivity index (χ0) is 14.6. The number of hydrogen-bond acceptors (Lipinski definition) is 3. The molecule has 19 heavy (non-hydrogen) atoms. The van der Waals surface area contributed by atoms with Crippen LogP contribution in [0.2, 0.25) is 0 Å². The van der Waals surface area contributed by atoms with E-state index in [2.05, 4.69) is 0 Å². The van der Waals surface area contributed by atoms with Crippen LogP contribution >= 0.6 is 0 Å². The van der Waals surface area contributed by atoms with Crippen molar-refractivity contribution in [3.8, 4) is 0 Å². The van der Waals surface area contributed by atoms with Crippen LogP contribution in [-0.2, 0) is 9.53 Å². The smallest absolute Gasteiger partial charge is 0.410 e. The van der Waals surface area contributed by atoms with Gasteiger partial charge in [0.05, 0.1) is 5.92 Å². The maximum Gasteiger partial charge on any atom is 0.410 e. The number of carboxylic acids is 1. The van der Waals surface area contributed by atoms with Gasteiger partial charge in [0, 0.05) is 13.1 Å². The Morgan fingerprint density at radius 3 is 2.26 bits per heavy atom. The molecule has 1 rings (SSSR count). The Hall–Kier alpha value is -1.26. The minimum atomic E-state index is -0.741. The van der Waals surface area contributed by atoms with E-state index >= 15 is 0 Å². The summed E-state index contributed by atoms with van der Waals surface area (Å²) in [5, 5.41) is 8.90. The summed E-state index contributed by atoms with van der Waals surface area (Å²) in [7, 11) is 0. The molecule has 0 aliphatic carbocycles. The SMILES string of the molecule is CC(CC1CCN(C(=O)OC(C)(C)C)CC1)C(=O)O. The molecule has 1 aliphatic heterocycles. The lowest BCUT2D eigenvalue weighted by Crippen LogP contribution is -2.42. The number of carbonyl (C=O) groups excluding carboxylic acids is 1. The third kappa shape index (κ3) is 5.49. The molecule has 0 aromatic rings. The summed E-state index contributed by atoms with van der Waals surface area (Å²) in [5.74, 6) is -0.655. The number of nitrogens with zero attached hydrogens (tertiary/aromatic N) is 1. The molecule has 5 heteroatoms. The Morgan fingerprint density at radius 2 is 1.84 bits per heavy atom. The molecule has 1 atom stereocenters. The van der Waals surface area contributed by atoms with E-state index in [1.165, 1.54) is 0 Å². The molecule has 1 saturated heterocycles. The molecular weight excluding hydrogens is 246 g/mol. The minimum absolute atomic E-state index is 0.266. The van der Waals surface area contributed by atoms with Crippen LogP contribution in [0.4, 0.5) is 4.79 Å². The number of likely N-dealkylation sites (tertiary alicyclic amines) is 1. The van der Waals surface area contributed by atoms with E-state index in [9.17, 15) is 9.59 Å². The van der Waals surface area contributed by atoms with Crippen molar-refractivity contribution in [1.29, 1.82) is 0 Å². The van der Waals surface area contributed by atoms with Gasteiger partial charge in [0.25, 0.3) is 0 Å². The average Bonchev–Trinajstić information content (AvgIpc) is 2.27. The maximum absolute atomic E-state index is 11.9. The zero-order valence-corrected chi connectivity index (χ0v) is 12.3. The molecule has 0 radical (unpaired) electrons. The number of hydrogen-bond donors (Lipinski definition) is 1. The molecule has 1 N–H and O–H groups in total. The molecule has 1 fully saturated rings. The van der Waals surface area contributed by atoms with Crippen molar-refractivity contribution in [2.45, 2.75) is 52.6 Å². The number of piperidine rings is 1. The van der Waals surface area contributed by atoms with Gasteiger partial charge in [-0.2, -0.15) is 0 Å². The zero-order valence-electron chi connectivity index (χ0n) is 12.3. The summed E-state index contributed by atoms with van der Waals surface area (Å²) < 4.78 is 5.32. The highest BCUT2D eigenvalue weighted by molar-refractivity contribution is 5.69. The number of ether oxygens (including phenoxy) is 1. The molecule has 1 amide bonds. The topological polar surface area (TPSA) is 66.8 Å². The van der Waals surface area contributed by atoms with Gasteiger partial charge in [0.1, 0.15) is 5.60 Å². The molecule has 0 bridgehead atoms. The highest BCUT2D eigenvalue weighted by Crippen LogP contribution is 2.25. The van der Waals surface area contributed by atoms with Crippen molar-refractivity contribution in [2.75, 3.05) is 13.1 Å². The monoisotopic (exact) mass is 271 g/mol. The fourth-order valence-electron chi connectivity index (χ4n) is 2.28. The summed E-state index contributed by atoms with van der Waals surface area (Å²) in [4.78, 5) is 24.4. The van der Waals surface area contributed by atoms with Crippen LogP contribution in [0, 0.1) is 11.8 Å². The van der Waals surface area contributed by atoms with Gasteiger partial charge in [-0.1, -0.05) is 6.92 Å². The molecule has 5 nitrogen and oxygen atoms in total. The highest BCUT2D eigenvalue weighted by Gasteiger charge is 2.28. The Balaban J connectivity index is 2.36. The predicted octanol–water partition coefficient (Wildman–Crippen LogP) is 2.74. The molecule has 1 heterocycles. The molecular formula is C14H25NO4. The summed E-state index contributed by atoms with van der Waals surface area (Å²) in [6.45, 7) is 8.62. The second-order valence-corrected chi connectivity index (χ2v) is 6.39. The Labute approximate surface area is 114 Å². The highest BCUT2D eigenvalue weighted by atomic mass is 16.6. The van der Waals surface area contributed by atoms with Crippen LogP contribution in [0.25, 0.3) is 0 Å². The number of aliphatic carboxylic acids is 1. The van der Waals surface area contributed by atoms with Crippen molar-refractivity contribution in [2.24, 2.45) is 11.8 Å². The summed E-state index contributed by atoms with van der Waals surface area (Å²) in [5.41, 5.74) is -0.467. The van der Waals surface area contributed by atoms with Crippen LogP contribution < -0.4 is 0 Å². The molecule has 1 aliphatic rings. The van der Waals surface area contributed by atoms with Crippen molar-refractivity contribution in [1.82, 2.24) is 4.90 Å². The third-order valence-electron chi connectivity index (χ3n) is 3.37. The molecule has 0 aromatic carbocycles. The van der Waals surface area contributed by atoms with Gasteiger partial charge in [0.2, 0.25) is 0 Å². The number of carbonyl (C=O) groups is 2. The second kappa shape index (κ2) is 6.26. The van der Waals surface area contributed by atoms with Crippen molar-refractivity contribution >= 4 is 12.1 Å². The second-order valence-electron chi connectivity index (χ2n) is 6.39. The molecule has 0 spiro atoms. The first kappa shape index (κ1) is 15.8. The van der Waals surface area contributed by atoms with Crippen molar-refractivity contribution < 1.29 is 19.4 Å². The van der Waals surface area contributed by atoms with E-state index in [4.69, 9.17) is 9.84 Å². The van der Waals surface area contributed by atoms with E-state index in [-0.39, 0.29) is 12.0 Å². The van der Waals surface area contributed by atoms with E-state index in [1.54, 1.807) is 11.8 Å². The van der Waals surface area contributed by atoms with Crippen LogP contribution in [0.1, 0.15) is 47.0 Å². The van der Waals surface area contributed by atoms with Crippen molar-refractivity contribution in [3.05, 3.63) is 0 Å². The Morgan fingerprint density at radius 1 is 1.32 bits per heavy atom. The van der Waals surface area contributed by atoms with Crippen LogP contribution in [0.5, 0.6) is 0 Å². The first-order valence-electron chi connectivity index (χ1n) is 6.90. The van der Waals surface area contributed by atoms with Gasteiger partial charge in [-0.3, -0.25) is 4.79 Å². The maximum atomic E-state index is 11.9. The largest absolute Gasteiger partial charge is 0.481 e. The molecule has 1 unspecified atom stereocenters. The predicted molar refractivity (Wildman–Crippen MR) is 71.9 cm³/mol. The summed E-state index contributed by atoms with van der Waals surface area (Å²) in [6.07, 6.45) is 2.14. The van der Waals surface area contributed by atoms with E-state index < -0.39 is 11.6 Å². The number of amides is 1. The van der Waals surface area contributed by atoms with Crippen molar-refractivity contribution in [3.63, 3.8) is 0 Å². The minimum Gasteiger partial charge on any atom is -0.481 e. The van der Waals surface area contributed by atoms with Gasteiger partial charge < -0.3 is 14.7 Å². The quantitative estimate of drug-likeness (QED) is 0.857. The fraction of sp³-hybridized carbons (Fsp3) is 0.857. The first-order valence-corrected chi connectivity index (χ1v) is 6.90. The first-order chi connectivity index (χ1) is 8.69. The number of carboxylic acid groups (broad SMARTS) is 1. The average molecular weight is 271 g/mol. The van der Waals surface area contributed by atoms with Crippen LogP contribution in [0.15, 0.2) is 0 Å². The standard InChI is InChI=1S/C14H25NO4/c1-10(12(16)17)9-11-5-7-15(8-6-11)13(18)19-14(2,3)4/h10-11H,5-9H2,1-4H3,(H,16,17). The van der Waals surface area contributed by atoms with E-state index in [0.29, 0.717) is 25.4 Å². The molecule has 110 valence electrons. The lowest BCUT2D eigenvalue weighted by atomic mass is 9.88. The third-order valence-corrected chi connectivity index (χ3v) is 3.37. The number of rotatable bonds is 3. The summed E-state index contributed by atoms with van der Waals surface area (Å²) in [6, 6.07) is 0. The normalized spacial score (nSPS) is 19.1. The lowest BCUT2D eigenvalue weighted by molar-refractivity contribution is -0.141. The summed E-state index contributed by atoms with van der Waals surface area (Å²) >= 11 is 0. The molecule has 0 saturated carbocycles. The Bertz CT molecular complexity index is 327. The van der Waals surface area contributed by atoms with E-state index in [1.807, 2.05) is 20.8 Å². The van der Waals surface area contributed by atoms with Gasteiger partial charge in [0.15, 0.2) is 0 Å². The Kier molecular flexibility index (Phi) is 5.20. The van der Waals surface area contributed by atoms with Crippen LogP contribution in [-0.4, -0.2) is 40.8 Å². The van der Waals surface area contributed by atoms with Crippen LogP contribution in [0.3, 0.4) is 0 Å². The van der Waals surface area contributed by atoms with Gasteiger partial charge >= 0.3 is 12.1 Å². The van der Waals surface area contributed by atoms with Gasteiger partial charge in [-0.15, -0.1) is 0 Å². The van der Waals surface area contributed by atoms with E-state index in [0.717, 1.165) is 12.8 Å². The van der Waals surface area contributed by atoms with Gasteiger partial charge in [-0.05, 0) is 46.0 Å².